The molecule has 2 amide bonds. The van der Waals surface area contributed by atoms with Crippen LogP contribution in [-0.4, -0.2) is 28.0 Å². The Balaban J connectivity index is 1.58. The van der Waals surface area contributed by atoms with E-state index in [-0.39, 0.29) is 17.9 Å². The highest BCUT2D eigenvalue weighted by Gasteiger charge is 2.49. The van der Waals surface area contributed by atoms with E-state index in [1.165, 1.54) is 6.42 Å². The molecule has 4 unspecified atom stereocenters. The van der Waals surface area contributed by atoms with Gasteiger partial charge in [0.25, 0.3) is 5.91 Å². The Kier molecular flexibility index (Phi) is 5.08. The standard InChI is InChI=1S/C25H28ClN3O3/c1-15-6-4-9-19(16(15)2)27-24(31)25(3)14-28-20-10-11-32-22(20)13-21(28)23(30)29(25)18-8-5-7-17(26)12-18/h5,7-8,10-13,15-16,19H,4,6,9,14H2,1-3H3,(H,27,31). The highest BCUT2D eigenvalue weighted by atomic mass is 35.5. The number of benzene rings is 1. The van der Waals surface area contributed by atoms with Gasteiger partial charge in [-0.05, 0) is 43.4 Å². The van der Waals surface area contributed by atoms with Gasteiger partial charge in [-0.25, -0.2) is 0 Å². The van der Waals surface area contributed by atoms with Crippen molar-refractivity contribution in [3.63, 3.8) is 0 Å². The monoisotopic (exact) mass is 453 g/mol. The third-order valence-electron chi connectivity index (χ3n) is 7.48. The number of anilines is 1. The van der Waals surface area contributed by atoms with Crippen LogP contribution in [0, 0.1) is 11.8 Å². The number of nitrogens with zero attached hydrogens (tertiary/aromatic N) is 2. The quantitative estimate of drug-likeness (QED) is 0.589. The lowest BCUT2D eigenvalue weighted by molar-refractivity contribution is -0.128. The molecule has 0 spiro atoms. The van der Waals surface area contributed by atoms with E-state index in [2.05, 4.69) is 19.2 Å². The number of aromatic nitrogens is 1. The Morgan fingerprint density at radius 1 is 1.22 bits per heavy atom. The van der Waals surface area contributed by atoms with Crippen LogP contribution in [0.1, 0.15) is 50.5 Å². The van der Waals surface area contributed by atoms with Crippen molar-refractivity contribution in [1.82, 2.24) is 9.88 Å². The number of amides is 2. The summed E-state index contributed by atoms with van der Waals surface area (Å²) >= 11 is 6.26. The molecular formula is C25H28ClN3O3. The molecule has 3 heterocycles. The zero-order chi connectivity index (χ0) is 22.6. The first-order valence-electron chi connectivity index (χ1n) is 11.3. The number of fused-ring (bicyclic) bond motifs is 3. The maximum absolute atomic E-state index is 13.9. The summed E-state index contributed by atoms with van der Waals surface area (Å²) in [5.41, 5.74) is 1.44. The maximum Gasteiger partial charge on any atom is 0.276 e. The topological polar surface area (TPSA) is 67.5 Å². The number of hydrogen-bond acceptors (Lipinski definition) is 3. The van der Waals surface area contributed by atoms with E-state index in [1.807, 2.05) is 23.6 Å². The Morgan fingerprint density at radius 3 is 2.81 bits per heavy atom. The van der Waals surface area contributed by atoms with E-state index in [0.29, 0.717) is 40.4 Å². The van der Waals surface area contributed by atoms with E-state index in [4.69, 9.17) is 16.0 Å². The fraction of sp³-hybridized carbons (Fsp3) is 0.440. The minimum absolute atomic E-state index is 0.0967. The average molecular weight is 454 g/mol. The zero-order valence-electron chi connectivity index (χ0n) is 18.6. The molecule has 1 aromatic carbocycles. The van der Waals surface area contributed by atoms with Crippen LogP contribution in [0.5, 0.6) is 0 Å². The van der Waals surface area contributed by atoms with Crippen LogP contribution >= 0.6 is 11.6 Å². The van der Waals surface area contributed by atoms with Gasteiger partial charge < -0.3 is 14.3 Å². The Bertz CT molecular complexity index is 1200. The molecule has 0 bridgehead atoms. The molecule has 2 aromatic heterocycles. The van der Waals surface area contributed by atoms with Crippen molar-refractivity contribution < 1.29 is 14.0 Å². The summed E-state index contributed by atoms with van der Waals surface area (Å²) in [5.74, 6) is 0.554. The van der Waals surface area contributed by atoms with Gasteiger partial charge in [0.2, 0.25) is 5.91 Å². The molecule has 4 atom stereocenters. The first kappa shape index (κ1) is 21.1. The van der Waals surface area contributed by atoms with Gasteiger partial charge in [0.15, 0.2) is 5.58 Å². The third kappa shape index (κ3) is 3.24. The normalized spacial score (nSPS) is 28.1. The van der Waals surface area contributed by atoms with Gasteiger partial charge in [-0.1, -0.05) is 44.4 Å². The summed E-state index contributed by atoms with van der Waals surface area (Å²) in [6, 6.07) is 10.8. The SMILES string of the molecule is CC1CCCC(NC(=O)C2(C)Cn3c(cc4occc43)C(=O)N2c2cccc(Cl)c2)C1C. The summed E-state index contributed by atoms with van der Waals surface area (Å²) in [5, 5.41) is 3.82. The van der Waals surface area contributed by atoms with Crippen LogP contribution in [0.15, 0.2) is 47.1 Å². The van der Waals surface area contributed by atoms with E-state index in [9.17, 15) is 9.59 Å². The highest BCUT2D eigenvalue weighted by Crippen LogP contribution is 2.38. The molecule has 1 aliphatic carbocycles. The molecule has 0 saturated heterocycles. The molecule has 1 saturated carbocycles. The van der Waals surface area contributed by atoms with E-state index >= 15 is 0 Å². The molecule has 6 nitrogen and oxygen atoms in total. The number of halogens is 1. The molecule has 5 rings (SSSR count). The second-order valence-electron chi connectivity index (χ2n) is 9.53. The Morgan fingerprint density at radius 2 is 2.03 bits per heavy atom. The molecule has 1 fully saturated rings. The van der Waals surface area contributed by atoms with Crippen molar-refractivity contribution in [2.45, 2.75) is 58.2 Å². The van der Waals surface area contributed by atoms with Gasteiger partial charge in [0.05, 0.1) is 18.3 Å². The zero-order valence-corrected chi connectivity index (χ0v) is 19.4. The van der Waals surface area contributed by atoms with Crippen LogP contribution in [0.3, 0.4) is 0 Å². The summed E-state index contributed by atoms with van der Waals surface area (Å²) in [7, 11) is 0. The molecule has 7 heteroatoms. The lowest BCUT2D eigenvalue weighted by atomic mass is 9.77. The predicted molar refractivity (Wildman–Crippen MR) is 125 cm³/mol. The number of rotatable bonds is 3. The van der Waals surface area contributed by atoms with Gasteiger partial charge in [-0.15, -0.1) is 0 Å². The van der Waals surface area contributed by atoms with Crippen LogP contribution < -0.4 is 10.2 Å². The number of hydrogen-bond donors (Lipinski definition) is 1. The number of furan rings is 1. The first-order valence-corrected chi connectivity index (χ1v) is 11.7. The smallest absolute Gasteiger partial charge is 0.276 e. The van der Waals surface area contributed by atoms with Crippen molar-refractivity contribution >= 4 is 40.2 Å². The minimum atomic E-state index is -1.13. The second-order valence-corrected chi connectivity index (χ2v) is 9.96. The van der Waals surface area contributed by atoms with Crippen LogP contribution in [-0.2, 0) is 11.3 Å². The predicted octanol–water partition coefficient (Wildman–Crippen LogP) is 5.25. The maximum atomic E-state index is 13.9. The fourth-order valence-corrected chi connectivity index (χ4v) is 5.53. The summed E-state index contributed by atoms with van der Waals surface area (Å²) in [4.78, 5) is 29.2. The average Bonchev–Trinajstić information content (AvgIpc) is 3.34. The second kappa shape index (κ2) is 7.69. The molecule has 0 radical (unpaired) electrons. The molecule has 32 heavy (non-hydrogen) atoms. The summed E-state index contributed by atoms with van der Waals surface area (Å²) < 4.78 is 7.44. The van der Waals surface area contributed by atoms with Crippen LogP contribution in [0.4, 0.5) is 5.69 Å². The Hall–Kier alpha value is -2.73. The van der Waals surface area contributed by atoms with Crippen molar-refractivity contribution in [2.24, 2.45) is 11.8 Å². The summed E-state index contributed by atoms with van der Waals surface area (Å²) in [6.07, 6.45) is 4.85. The molecular weight excluding hydrogens is 426 g/mol. The van der Waals surface area contributed by atoms with Gasteiger partial charge in [0, 0.05) is 28.9 Å². The molecule has 168 valence electrons. The molecule has 1 aliphatic heterocycles. The fourth-order valence-electron chi connectivity index (χ4n) is 5.34. The molecule has 1 N–H and O–H groups in total. The Labute approximate surface area is 192 Å². The number of nitrogens with one attached hydrogen (secondary N) is 1. The van der Waals surface area contributed by atoms with Crippen LogP contribution in [0.25, 0.3) is 11.1 Å². The lowest BCUT2D eigenvalue weighted by Crippen LogP contribution is -2.66. The van der Waals surface area contributed by atoms with Crippen molar-refractivity contribution in [2.75, 3.05) is 4.90 Å². The van der Waals surface area contributed by atoms with Crippen LogP contribution in [0.2, 0.25) is 5.02 Å². The van der Waals surface area contributed by atoms with Crippen molar-refractivity contribution in [3.8, 4) is 0 Å². The van der Waals surface area contributed by atoms with E-state index in [1.54, 1.807) is 35.4 Å². The van der Waals surface area contributed by atoms with Crippen molar-refractivity contribution in [1.29, 1.82) is 0 Å². The van der Waals surface area contributed by atoms with E-state index < -0.39 is 5.54 Å². The lowest BCUT2D eigenvalue weighted by Gasteiger charge is -2.45. The molecule has 2 aliphatic rings. The minimum Gasteiger partial charge on any atom is -0.463 e. The largest absolute Gasteiger partial charge is 0.463 e. The first-order chi connectivity index (χ1) is 15.3. The van der Waals surface area contributed by atoms with Crippen molar-refractivity contribution in [3.05, 3.63) is 53.4 Å². The molecule has 3 aromatic rings. The van der Waals surface area contributed by atoms with Gasteiger partial charge in [-0.2, -0.15) is 0 Å². The summed E-state index contributed by atoms with van der Waals surface area (Å²) in [6.45, 7) is 6.62. The van der Waals surface area contributed by atoms with Gasteiger partial charge in [-0.3, -0.25) is 14.5 Å². The van der Waals surface area contributed by atoms with Gasteiger partial charge in [0.1, 0.15) is 11.2 Å². The van der Waals surface area contributed by atoms with Gasteiger partial charge >= 0.3 is 0 Å². The van der Waals surface area contributed by atoms with E-state index in [0.717, 1.165) is 18.4 Å². The third-order valence-corrected chi connectivity index (χ3v) is 7.72. The number of carbonyl (C=O) groups is 2. The highest BCUT2D eigenvalue weighted by molar-refractivity contribution is 6.31. The number of carbonyl (C=O) groups excluding carboxylic acids is 2.